The maximum Gasteiger partial charge on any atom is 0.227 e. The number of halogens is 1. The summed E-state index contributed by atoms with van der Waals surface area (Å²) in [5.74, 6) is 0.455. The smallest absolute Gasteiger partial charge is 0.227 e. The van der Waals surface area contributed by atoms with Crippen LogP contribution in [0.15, 0.2) is 28.2 Å². The van der Waals surface area contributed by atoms with Crippen LogP contribution in [0.4, 0.5) is 10.1 Å². The van der Waals surface area contributed by atoms with E-state index in [1.807, 2.05) is 0 Å². The van der Waals surface area contributed by atoms with Crippen molar-refractivity contribution in [2.45, 2.75) is 57.8 Å². The number of aliphatic imine (C=N–C) groups is 2. The van der Waals surface area contributed by atoms with E-state index in [4.69, 9.17) is 16.2 Å². The number of rotatable bonds is 4. The highest BCUT2D eigenvalue weighted by Gasteiger charge is 2.29. The highest BCUT2D eigenvalue weighted by atomic mass is 19.1. The van der Waals surface area contributed by atoms with Crippen LogP contribution >= 0.6 is 0 Å². The molecular formula is C19H29FN6O. The zero-order valence-electron chi connectivity index (χ0n) is 16.1. The van der Waals surface area contributed by atoms with Gasteiger partial charge in [0.15, 0.2) is 17.9 Å². The summed E-state index contributed by atoms with van der Waals surface area (Å²) in [6.07, 6.45) is 6.50. The third-order valence-corrected chi connectivity index (χ3v) is 5.25. The van der Waals surface area contributed by atoms with Crippen molar-refractivity contribution in [2.24, 2.45) is 21.5 Å². The van der Waals surface area contributed by atoms with Crippen LogP contribution in [0.25, 0.3) is 0 Å². The van der Waals surface area contributed by atoms with E-state index in [1.54, 1.807) is 6.07 Å². The van der Waals surface area contributed by atoms with Crippen LogP contribution in [0.1, 0.15) is 45.4 Å². The molecule has 1 fully saturated rings. The summed E-state index contributed by atoms with van der Waals surface area (Å²) in [7, 11) is 1.42. The van der Waals surface area contributed by atoms with Crippen molar-refractivity contribution in [3.8, 4) is 5.75 Å². The number of anilines is 1. The predicted octanol–water partition coefficient (Wildman–Crippen LogP) is 2.61. The lowest BCUT2D eigenvalue weighted by Crippen LogP contribution is -2.54. The standard InChI is InChI=1S/C19H29FN6O/c1-3-25(13-8-6-4-5-7-9-13)19-23-17(21)26(18(22)24-19)14-10-11-16(27-2)15(20)12-14/h10-13,17H,3-9,21H2,1-2H3,(H2,22,23,24). The molecule has 1 aliphatic heterocycles. The highest BCUT2D eigenvalue weighted by Crippen LogP contribution is 2.27. The average Bonchev–Trinajstić information content (AvgIpc) is 2.91. The first-order valence-electron chi connectivity index (χ1n) is 9.62. The molecule has 7 nitrogen and oxygen atoms in total. The Labute approximate surface area is 159 Å². The SMILES string of the molecule is CCN(C1=NC(N)N(c2ccc(OC)c(F)c2)C(N)=N1)C1CCCCCC1. The molecule has 0 saturated heterocycles. The minimum Gasteiger partial charge on any atom is -0.494 e. The van der Waals surface area contributed by atoms with Crippen LogP contribution in [-0.4, -0.2) is 42.8 Å². The van der Waals surface area contributed by atoms with E-state index in [9.17, 15) is 4.39 Å². The van der Waals surface area contributed by atoms with Gasteiger partial charge in [-0.3, -0.25) is 10.6 Å². The van der Waals surface area contributed by atoms with E-state index in [0.717, 1.165) is 19.4 Å². The van der Waals surface area contributed by atoms with Crippen LogP contribution in [0, 0.1) is 5.82 Å². The van der Waals surface area contributed by atoms with Crippen LogP contribution in [0.5, 0.6) is 5.75 Å². The fourth-order valence-corrected chi connectivity index (χ4v) is 3.86. The Morgan fingerprint density at radius 1 is 1.26 bits per heavy atom. The zero-order chi connectivity index (χ0) is 19.4. The minimum atomic E-state index is -0.759. The van der Waals surface area contributed by atoms with Crippen LogP contribution in [0.2, 0.25) is 0 Å². The number of methoxy groups -OCH3 is 1. The quantitative estimate of drug-likeness (QED) is 0.788. The van der Waals surface area contributed by atoms with Gasteiger partial charge in [-0.1, -0.05) is 25.7 Å². The van der Waals surface area contributed by atoms with Crippen molar-refractivity contribution >= 4 is 17.6 Å². The van der Waals surface area contributed by atoms with E-state index in [1.165, 1.54) is 49.8 Å². The van der Waals surface area contributed by atoms with Crippen LogP contribution in [-0.2, 0) is 0 Å². The van der Waals surface area contributed by atoms with Gasteiger partial charge in [0, 0.05) is 18.7 Å². The second-order valence-corrected chi connectivity index (χ2v) is 6.93. The van der Waals surface area contributed by atoms with E-state index in [2.05, 4.69) is 21.8 Å². The number of guanidine groups is 2. The first-order valence-corrected chi connectivity index (χ1v) is 9.62. The molecule has 8 heteroatoms. The molecule has 0 radical (unpaired) electrons. The lowest BCUT2D eigenvalue weighted by atomic mass is 10.1. The maximum absolute atomic E-state index is 14.1. The molecule has 1 heterocycles. The van der Waals surface area contributed by atoms with Gasteiger partial charge in [0.25, 0.3) is 0 Å². The van der Waals surface area contributed by atoms with E-state index < -0.39 is 12.1 Å². The molecule has 2 aliphatic rings. The molecule has 1 aliphatic carbocycles. The van der Waals surface area contributed by atoms with Crippen LogP contribution < -0.4 is 21.1 Å². The Morgan fingerprint density at radius 2 is 1.96 bits per heavy atom. The Morgan fingerprint density at radius 3 is 2.52 bits per heavy atom. The topological polar surface area (TPSA) is 92.5 Å². The first-order chi connectivity index (χ1) is 13.0. The summed E-state index contributed by atoms with van der Waals surface area (Å²) < 4.78 is 19.0. The number of nitrogens with two attached hydrogens (primary N) is 2. The molecule has 3 rings (SSSR count). The summed E-state index contributed by atoms with van der Waals surface area (Å²) in [6, 6.07) is 4.95. The number of benzene rings is 1. The first kappa shape index (κ1) is 19.4. The molecule has 1 aromatic rings. The van der Waals surface area contributed by atoms with Gasteiger partial charge in [-0.15, -0.1) is 0 Å². The average molecular weight is 376 g/mol. The maximum atomic E-state index is 14.1. The fourth-order valence-electron chi connectivity index (χ4n) is 3.86. The lowest BCUT2D eigenvalue weighted by molar-refractivity contribution is 0.289. The van der Waals surface area contributed by atoms with Gasteiger partial charge in [-0.25, -0.2) is 9.38 Å². The summed E-state index contributed by atoms with van der Waals surface area (Å²) in [6.45, 7) is 2.89. The number of hydrogen-bond acceptors (Lipinski definition) is 7. The van der Waals surface area contributed by atoms with Crippen LogP contribution in [0.3, 0.4) is 0 Å². The van der Waals surface area contributed by atoms with Gasteiger partial charge < -0.3 is 15.4 Å². The lowest BCUT2D eigenvalue weighted by Gasteiger charge is -2.36. The van der Waals surface area contributed by atoms with Gasteiger partial charge >= 0.3 is 0 Å². The van der Waals surface area contributed by atoms with Crippen molar-refractivity contribution in [3.63, 3.8) is 0 Å². The fraction of sp³-hybridized carbons (Fsp3) is 0.579. The molecule has 27 heavy (non-hydrogen) atoms. The highest BCUT2D eigenvalue weighted by molar-refractivity contribution is 6.05. The van der Waals surface area contributed by atoms with Crippen molar-refractivity contribution in [1.82, 2.24) is 4.90 Å². The molecule has 0 bridgehead atoms. The molecule has 0 amide bonds. The van der Waals surface area contributed by atoms with Gasteiger partial charge in [0.2, 0.25) is 11.9 Å². The summed E-state index contributed by atoms with van der Waals surface area (Å²) >= 11 is 0. The number of hydrogen-bond donors (Lipinski definition) is 2. The molecule has 0 aromatic heterocycles. The third-order valence-electron chi connectivity index (χ3n) is 5.25. The Balaban J connectivity index is 1.83. The van der Waals surface area contributed by atoms with E-state index in [0.29, 0.717) is 17.7 Å². The van der Waals surface area contributed by atoms with Gasteiger partial charge in [0.1, 0.15) is 0 Å². The molecule has 1 aromatic carbocycles. The molecular weight excluding hydrogens is 347 g/mol. The Bertz CT molecular complexity index is 714. The van der Waals surface area contributed by atoms with Gasteiger partial charge in [-0.05, 0) is 31.9 Å². The Kier molecular flexibility index (Phi) is 6.15. The predicted molar refractivity (Wildman–Crippen MR) is 106 cm³/mol. The van der Waals surface area contributed by atoms with Gasteiger partial charge in [-0.2, -0.15) is 4.99 Å². The van der Waals surface area contributed by atoms with Crippen molar-refractivity contribution in [3.05, 3.63) is 24.0 Å². The Hall–Kier alpha value is -2.35. The summed E-state index contributed by atoms with van der Waals surface area (Å²) in [5.41, 5.74) is 13.0. The van der Waals surface area contributed by atoms with Crippen molar-refractivity contribution < 1.29 is 9.13 Å². The number of nitrogens with zero attached hydrogens (tertiary/aromatic N) is 4. The number of ether oxygens (including phenoxy) is 1. The molecule has 1 unspecified atom stereocenters. The van der Waals surface area contributed by atoms with Crippen molar-refractivity contribution in [2.75, 3.05) is 18.6 Å². The second-order valence-electron chi connectivity index (χ2n) is 6.93. The minimum absolute atomic E-state index is 0.162. The molecule has 1 saturated carbocycles. The zero-order valence-corrected chi connectivity index (χ0v) is 16.1. The van der Waals surface area contributed by atoms with Crippen molar-refractivity contribution in [1.29, 1.82) is 0 Å². The normalized spacial score (nSPS) is 21.3. The largest absolute Gasteiger partial charge is 0.494 e. The monoisotopic (exact) mass is 376 g/mol. The summed E-state index contributed by atoms with van der Waals surface area (Å²) in [4.78, 5) is 12.8. The van der Waals surface area contributed by atoms with Gasteiger partial charge in [0.05, 0.1) is 12.8 Å². The molecule has 148 valence electrons. The molecule has 1 atom stereocenters. The van der Waals surface area contributed by atoms with E-state index >= 15 is 0 Å². The molecule has 0 spiro atoms. The third kappa shape index (κ3) is 4.16. The summed E-state index contributed by atoms with van der Waals surface area (Å²) in [5, 5.41) is 0. The van der Waals surface area contributed by atoms with E-state index in [-0.39, 0.29) is 11.7 Å². The molecule has 4 N–H and O–H groups in total. The second kappa shape index (κ2) is 8.56.